The molecule has 2 unspecified atom stereocenters. The van der Waals surface area contributed by atoms with Crippen LogP contribution in [0.15, 0.2) is 0 Å². The molecule has 0 fully saturated rings. The molecule has 0 spiro atoms. The Morgan fingerprint density at radius 1 is 0.524 bits per heavy atom. The van der Waals surface area contributed by atoms with Gasteiger partial charge in [0.1, 0.15) is 0 Å². The van der Waals surface area contributed by atoms with E-state index in [-0.39, 0.29) is 15.8 Å². The van der Waals surface area contributed by atoms with Crippen LogP contribution in [0, 0.1) is 10.8 Å². The van der Waals surface area contributed by atoms with Crippen molar-refractivity contribution in [1.82, 2.24) is 0 Å². The van der Waals surface area contributed by atoms with Gasteiger partial charge in [0.2, 0.25) is 0 Å². The molecule has 0 saturated carbocycles. The fraction of sp³-hybridized carbons (Fsp3) is 1.00. The first kappa shape index (κ1) is 21.9. The molecular formula is C19H42P2. The van der Waals surface area contributed by atoms with Gasteiger partial charge in [-0.3, -0.25) is 0 Å². The smallest absolute Gasteiger partial charge is 0.0116 e. The first-order valence-electron chi connectivity index (χ1n) is 8.39. The molecule has 0 aliphatic heterocycles. The summed E-state index contributed by atoms with van der Waals surface area (Å²) < 4.78 is 0. The molecule has 21 heavy (non-hydrogen) atoms. The highest BCUT2D eigenvalue weighted by molar-refractivity contribution is 7.75. The lowest BCUT2D eigenvalue weighted by Crippen LogP contribution is -2.29. The zero-order chi connectivity index (χ0) is 17.3. The summed E-state index contributed by atoms with van der Waals surface area (Å²) in [6.07, 6.45) is 2.68. The molecule has 0 N–H and O–H groups in total. The summed E-state index contributed by atoms with van der Waals surface area (Å²) >= 11 is 0. The lowest BCUT2D eigenvalue weighted by atomic mass is 9.86. The molecule has 0 aromatic heterocycles. The van der Waals surface area contributed by atoms with Crippen molar-refractivity contribution < 1.29 is 0 Å². The minimum Gasteiger partial charge on any atom is -0.0997 e. The zero-order valence-electron chi connectivity index (χ0n) is 17.0. The van der Waals surface area contributed by atoms with Gasteiger partial charge in [0.15, 0.2) is 0 Å². The zero-order valence-corrected chi connectivity index (χ0v) is 18.8. The second-order valence-electron chi connectivity index (χ2n) is 10.6. The molecular weight excluding hydrogens is 290 g/mol. The molecule has 0 radical (unpaired) electrons. The van der Waals surface area contributed by atoms with Gasteiger partial charge in [0, 0.05) is 0 Å². The molecule has 2 heteroatoms. The number of hydrogen-bond acceptors (Lipinski definition) is 0. The Labute approximate surface area is 138 Å². The Morgan fingerprint density at radius 2 is 0.762 bits per heavy atom. The standard InChI is InChI=1S/C19H42P2/c1-16(2,3)13-18(7,8)20(11)15-21(12)19(9,10)14-17(4,5)6/h13-15H2,1-12H3. The van der Waals surface area contributed by atoms with Gasteiger partial charge in [0.25, 0.3) is 0 Å². The minimum absolute atomic E-state index is 0.0954. The van der Waals surface area contributed by atoms with Crippen LogP contribution in [0.25, 0.3) is 0 Å². The molecule has 0 bridgehead atoms. The van der Waals surface area contributed by atoms with Gasteiger partial charge in [-0.1, -0.05) is 85.1 Å². The summed E-state index contributed by atoms with van der Waals surface area (Å²) in [5.74, 6) is 1.47. The number of hydrogen-bond donors (Lipinski definition) is 0. The van der Waals surface area contributed by atoms with Gasteiger partial charge in [-0.25, -0.2) is 0 Å². The van der Waals surface area contributed by atoms with E-state index in [0.29, 0.717) is 21.1 Å². The van der Waals surface area contributed by atoms with Crippen molar-refractivity contribution in [3.63, 3.8) is 0 Å². The van der Waals surface area contributed by atoms with Gasteiger partial charge in [-0.05, 0) is 53.2 Å². The molecule has 0 saturated heterocycles. The van der Waals surface area contributed by atoms with Crippen LogP contribution in [-0.4, -0.2) is 29.5 Å². The average Bonchev–Trinajstić information content (AvgIpc) is 2.08. The summed E-state index contributed by atoms with van der Waals surface area (Å²) in [6, 6.07) is 0. The predicted octanol–water partition coefficient (Wildman–Crippen LogP) is 7.60. The molecule has 128 valence electrons. The molecule has 0 nitrogen and oxygen atoms in total. The highest BCUT2D eigenvalue weighted by Gasteiger charge is 2.36. The summed E-state index contributed by atoms with van der Waals surface area (Å²) in [6.45, 7) is 29.4. The van der Waals surface area contributed by atoms with Crippen LogP contribution in [0.3, 0.4) is 0 Å². The normalized spacial score (nSPS) is 17.7. The maximum atomic E-state index is 2.55. The van der Waals surface area contributed by atoms with Crippen molar-refractivity contribution in [2.45, 2.75) is 92.4 Å². The van der Waals surface area contributed by atoms with Crippen molar-refractivity contribution in [2.24, 2.45) is 10.8 Å². The molecule has 0 rings (SSSR count). The van der Waals surface area contributed by atoms with Crippen LogP contribution in [0.5, 0.6) is 0 Å². The van der Waals surface area contributed by atoms with Crippen molar-refractivity contribution in [2.75, 3.05) is 19.2 Å². The first-order chi connectivity index (χ1) is 8.96. The van der Waals surface area contributed by atoms with Crippen LogP contribution in [0.2, 0.25) is 0 Å². The van der Waals surface area contributed by atoms with E-state index in [9.17, 15) is 0 Å². The molecule has 0 aromatic carbocycles. The second-order valence-corrected chi connectivity index (χ2v) is 17.0. The lowest BCUT2D eigenvalue weighted by Gasteiger charge is -2.43. The Bertz CT molecular complexity index is 283. The summed E-state index contributed by atoms with van der Waals surface area (Å²) in [4.78, 5) is 0. The molecule has 0 aromatic rings. The van der Waals surface area contributed by atoms with Crippen molar-refractivity contribution in [1.29, 1.82) is 0 Å². The Balaban J connectivity index is 4.80. The van der Waals surface area contributed by atoms with Gasteiger partial charge in [0.05, 0.1) is 0 Å². The largest absolute Gasteiger partial charge is 0.0997 e. The molecule has 0 heterocycles. The van der Waals surface area contributed by atoms with E-state index < -0.39 is 0 Å². The monoisotopic (exact) mass is 332 g/mol. The maximum Gasteiger partial charge on any atom is -0.0116 e. The summed E-state index contributed by atoms with van der Waals surface area (Å²) in [5.41, 5.74) is 0.884. The second kappa shape index (κ2) is 7.18. The third-order valence-electron chi connectivity index (χ3n) is 4.42. The van der Waals surface area contributed by atoms with Gasteiger partial charge >= 0.3 is 0 Å². The van der Waals surface area contributed by atoms with Crippen LogP contribution in [0.4, 0.5) is 0 Å². The Hall–Kier alpha value is 0.860. The third kappa shape index (κ3) is 8.91. The topological polar surface area (TPSA) is 0 Å². The van der Waals surface area contributed by atoms with Crippen LogP contribution in [-0.2, 0) is 0 Å². The van der Waals surface area contributed by atoms with Gasteiger partial charge in [-0.15, -0.1) is 0 Å². The molecule has 0 aliphatic carbocycles. The van der Waals surface area contributed by atoms with E-state index in [2.05, 4.69) is 82.6 Å². The maximum absolute atomic E-state index is 2.55. The third-order valence-corrected chi connectivity index (χ3v) is 12.3. The first-order valence-corrected chi connectivity index (χ1v) is 12.3. The fourth-order valence-electron chi connectivity index (χ4n) is 3.57. The van der Waals surface area contributed by atoms with Crippen LogP contribution >= 0.6 is 15.8 Å². The summed E-state index contributed by atoms with van der Waals surface area (Å²) in [5, 5.41) is 1.00. The molecule has 0 amide bonds. The van der Waals surface area contributed by atoms with E-state index in [1.165, 1.54) is 18.7 Å². The fourth-order valence-corrected chi connectivity index (χ4v) is 10.7. The molecule has 0 aliphatic rings. The SMILES string of the molecule is CP(CP(C)C(C)(C)CC(C)(C)C)C(C)(C)CC(C)(C)C. The lowest BCUT2D eigenvalue weighted by molar-refractivity contribution is 0.335. The average molecular weight is 332 g/mol. The van der Waals surface area contributed by atoms with Gasteiger partial charge in [-0.2, -0.15) is 0 Å². The van der Waals surface area contributed by atoms with Crippen molar-refractivity contribution in [3.05, 3.63) is 0 Å². The van der Waals surface area contributed by atoms with E-state index >= 15 is 0 Å². The van der Waals surface area contributed by atoms with Crippen LogP contribution in [0.1, 0.15) is 82.1 Å². The Morgan fingerprint density at radius 3 is 0.952 bits per heavy atom. The van der Waals surface area contributed by atoms with Crippen LogP contribution < -0.4 is 0 Å². The van der Waals surface area contributed by atoms with E-state index in [4.69, 9.17) is 0 Å². The van der Waals surface area contributed by atoms with E-state index in [0.717, 1.165) is 0 Å². The van der Waals surface area contributed by atoms with E-state index in [1.807, 2.05) is 0 Å². The predicted molar refractivity (Wildman–Crippen MR) is 107 cm³/mol. The highest BCUT2D eigenvalue weighted by Crippen LogP contribution is 2.63. The highest BCUT2D eigenvalue weighted by atomic mass is 31.2. The van der Waals surface area contributed by atoms with Gasteiger partial charge < -0.3 is 0 Å². The minimum atomic E-state index is 0.0954. The van der Waals surface area contributed by atoms with Crippen molar-refractivity contribution >= 4 is 15.8 Å². The molecule has 2 atom stereocenters. The van der Waals surface area contributed by atoms with Crippen molar-refractivity contribution in [3.8, 4) is 0 Å². The quantitative estimate of drug-likeness (QED) is 0.439. The van der Waals surface area contributed by atoms with E-state index in [1.54, 1.807) is 0 Å². The Kier molecular flexibility index (Phi) is 7.47. The number of rotatable bonds is 6. The summed E-state index contributed by atoms with van der Waals surface area (Å²) in [7, 11) is 0.191.